The molecule has 0 aromatic heterocycles. The van der Waals surface area contributed by atoms with E-state index in [0.29, 0.717) is 0 Å². The molecule has 0 unspecified atom stereocenters. The number of hydrogen-bond acceptors (Lipinski definition) is 10. The van der Waals surface area contributed by atoms with Gasteiger partial charge < -0.3 is 0 Å². The second-order valence-corrected chi connectivity index (χ2v) is 8.90. The Kier molecular flexibility index (Phi) is 5.89. The maximum Gasteiger partial charge on any atom is 0.350 e. The average molecular weight is 560 g/mol. The molecule has 0 N–H and O–H groups in total. The van der Waals surface area contributed by atoms with Crippen molar-refractivity contribution < 1.29 is 19.7 Å². The topological polar surface area (TPSA) is 229 Å². The van der Waals surface area contributed by atoms with Gasteiger partial charge in [-0.15, -0.1) is 0 Å². The van der Waals surface area contributed by atoms with Crippen molar-refractivity contribution in [3.63, 3.8) is 0 Å². The molecule has 5 rings (SSSR count). The van der Waals surface area contributed by atoms with Gasteiger partial charge in [0.05, 0.1) is 45.0 Å². The maximum atomic E-state index is 12.0. The first-order chi connectivity index (χ1) is 20.0. The van der Waals surface area contributed by atoms with Gasteiger partial charge in [-0.3, -0.25) is 40.5 Å². The lowest BCUT2D eigenvalue weighted by molar-refractivity contribution is -0.422. The van der Waals surface area contributed by atoms with E-state index in [2.05, 4.69) is 9.69 Å². The molecule has 0 amide bonds. The largest absolute Gasteiger partial charge is 0.350 e. The average Bonchev–Trinajstić information content (AvgIpc) is 3.52. The summed E-state index contributed by atoms with van der Waals surface area (Å²) in [6.07, 6.45) is -0.833. The molecule has 0 heterocycles. The predicted octanol–water partition coefficient (Wildman–Crippen LogP) is 3.56. The molecule has 3 aromatic rings. The Morgan fingerprint density at radius 2 is 1.00 bits per heavy atom. The first kappa shape index (κ1) is 26.6. The maximum absolute atomic E-state index is 12.0. The third kappa shape index (κ3) is 3.44. The Morgan fingerprint density at radius 1 is 0.643 bits per heavy atom. The van der Waals surface area contributed by atoms with Crippen molar-refractivity contribution in [2.75, 3.05) is 0 Å². The zero-order valence-corrected chi connectivity index (χ0v) is 20.6. The Morgan fingerprint density at radius 3 is 1.26 bits per heavy atom. The highest BCUT2D eigenvalue weighted by atomic mass is 16.6. The van der Waals surface area contributed by atoms with E-state index in [9.17, 15) is 51.0 Å². The summed E-state index contributed by atoms with van der Waals surface area (Å²) in [5.74, 6) is 0. The van der Waals surface area contributed by atoms with Crippen molar-refractivity contribution in [3.05, 3.63) is 120 Å². The molecule has 0 fully saturated rings. The van der Waals surface area contributed by atoms with Gasteiger partial charge in [0, 0.05) is 46.5 Å². The van der Waals surface area contributed by atoms with Gasteiger partial charge in [0.25, 0.3) is 11.4 Å². The number of hydrogen-bond donors (Lipinski definition) is 0. The van der Waals surface area contributed by atoms with Gasteiger partial charge in [-0.1, -0.05) is 0 Å². The van der Waals surface area contributed by atoms with Crippen molar-refractivity contribution in [3.8, 4) is 34.4 Å². The predicted molar refractivity (Wildman–Crippen MR) is 140 cm³/mol. The van der Waals surface area contributed by atoms with E-state index in [4.69, 9.17) is 13.1 Å². The Balaban J connectivity index is 2.10. The summed E-state index contributed by atoms with van der Waals surface area (Å²) in [7, 11) is 0. The second-order valence-electron chi connectivity index (χ2n) is 8.90. The van der Waals surface area contributed by atoms with Crippen molar-refractivity contribution >= 4 is 34.1 Å². The minimum atomic E-state index is -0.943. The summed E-state index contributed by atoms with van der Waals surface area (Å²) in [6.45, 7) is 15.3. The molecular weight excluding hydrogens is 552 g/mol. The first-order valence-electron chi connectivity index (χ1n) is 11.4. The summed E-state index contributed by atoms with van der Waals surface area (Å²) in [5.41, 5.74) is -4.41. The molecule has 2 aliphatic rings. The lowest BCUT2D eigenvalue weighted by Crippen LogP contribution is -2.25. The van der Waals surface area contributed by atoms with Crippen LogP contribution in [0.15, 0.2) is 24.3 Å². The number of nitriles is 2. The monoisotopic (exact) mass is 560 g/mol. The van der Waals surface area contributed by atoms with E-state index >= 15 is 0 Å². The SMILES string of the molecule is [C-]#[N+]/C(C#N)=c1/c2c(/c(=C(\C#N)[N+]#[C-])c3c1-c1ccc([N+](=O)[O-])c([N+](=O)[O-])c1C3)-c1ccc([N+](=O)[O-])c([N+](=O)[O-])c1C2. The highest BCUT2D eigenvalue weighted by molar-refractivity contribution is 5.95. The summed E-state index contributed by atoms with van der Waals surface area (Å²) >= 11 is 0. The van der Waals surface area contributed by atoms with Crippen molar-refractivity contribution in [1.82, 2.24) is 0 Å². The van der Waals surface area contributed by atoms with Crippen LogP contribution in [0.3, 0.4) is 0 Å². The van der Waals surface area contributed by atoms with E-state index < -0.39 is 66.7 Å². The van der Waals surface area contributed by atoms with Crippen LogP contribution < -0.4 is 10.4 Å². The fourth-order valence-electron chi connectivity index (χ4n) is 5.73. The summed E-state index contributed by atoms with van der Waals surface area (Å²) in [6, 6.07) is 7.66. The molecule has 200 valence electrons. The first-order valence-corrected chi connectivity index (χ1v) is 11.4. The Bertz CT molecular complexity index is 2020. The van der Waals surface area contributed by atoms with E-state index in [1.807, 2.05) is 0 Å². The van der Waals surface area contributed by atoms with Crippen LogP contribution in [-0.4, -0.2) is 19.7 Å². The molecule has 3 aromatic carbocycles. The Labute approximate surface area is 232 Å². The van der Waals surface area contributed by atoms with Gasteiger partial charge in [-0.2, -0.15) is 0 Å². The summed E-state index contributed by atoms with van der Waals surface area (Å²) < 4.78 is 0. The number of rotatable bonds is 4. The highest BCUT2D eigenvalue weighted by Crippen LogP contribution is 2.48. The van der Waals surface area contributed by atoms with Crippen LogP contribution in [0.25, 0.3) is 43.3 Å². The highest BCUT2D eigenvalue weighted by Gasteiger charge is 2.41. The smallest absolute Gasteiger partial charge is 0.258 e. The van der Waals surface area contributed by atoms with E-state index in [1.165, 1.54) is 12.1 Å². The summed E-state index contributed by atoms with van der Waals surface area (Å²) in [4.78, 5) is 50.1. The Hall–Kier alpha value is -7.04. The van der Waals surface area contributed by atoms with E-state index in [-0.39, 0.29) is 54.9 Å². The normalized spacial score (nSPS) is 13.0. The third-order valence-corrected chi connectivity index (χ3v) is 7.14. The van der Waals surface area contributed by atoms with Crippen LogP contribution in [0, 0.1) is 76.3 Å². The van der Waals surface area contributed by atoms with Crippen LogP contribution in [0.5, 0.6) is 0 Å². The molecule has 0 saturated carbocycles. The van der Waals surface area contributed by atoms with Gasteiger partial charge in [-0.05, 0) is 45.5 Å². The van der Waals surface area contributed by atoms with Crippen molar-refractivity contribution in [1.29, 1.82) is 10.5 Å². The molecule has 0 bridgehead atoms. The fraction of sp³-hybridized carbons (Fsp3) is 0.0769. The molecule has 0 saturated heterocycles. The van der Waals surface area contributed by atoms with Gasteiger partial charge in [0.15, 0.2) is 0 Å². The number of nitrogens with zero attached hydrogens (tertiary/aromatic N) is 8. The summed E-state index contributed by atoms with van der Waals surface area (Å²) in [5, 5.41) is 66.9. The molecule has 0 atom stereocenters. The molecule has 16 heteroatoms. The van der Waals surface area contributed by atoms with E-state index in [1.54, 1.807) is 12.1 Å². The van der Waals surface area contributed by atoms with Crippen molar-refractivity contribution in [2.45, 2.75) is 12.8 Å². The number of benzene rings is 3. The quantitative estimate of drug-likeness (QED) is 0.176. The minimum absolute atomic E-state index is 0.0330. The molecular formula is C26H8N8O8. The van der Waals surface area contributed by atoms with Crippen LogP contribution in [0.1, 0.15) is 22.3 Å². The number of nitro benzene ring substituents is 4. The molecule has 2 aliphatic carbocycles. The zero-order chi connectivity index (χ0) is 30.6. The molecule has 42 heavy (non-hydrogen) atoms. The number of nitro groups is 4. The standard InChI is InChI=1S/C26H8N8O8/c1-29-17(9-27)23-15-7-13-12(4-6-20(32(37)38)25(13)33(39)40)22(15)24(18(10-28)30-2)16-8-14-11(21(16)23)3-5-19(31(35)36)26(14)34(41)42/h3-6H,7-8H2/b23-17-,24-18+. The minimum Gasteiger partial charge on any atom is -0.258 e. The zero-order valence-electron chi connectivity index (χ0n) is 20.6. The van der Waals surface area contributed by atoms with Crippen LogP contribution in [-0.2, 0) is 12.8 Å². The number of fused-ring (bicyclic) bond motifs is 6. The molecule has 0 spiro atoms. The van der Waals surface area contributed by atoms with E-state index in [0.717, 1.165) is 12.1 Å². The van der Waals surface area contributed by atoms with Gasteiger partial charge >= 0.3 is 22.7 Å². The van der Waals surface area contributed by atoms with Crippen LogP contribution in [0.4, 0.5) is 22.7 Å². The lowest BCUT2D eigenvalue weighted by atomic mass is 9.90. The van der Waals surface area contributed by atoms with Crippen LogP contribution >= 0.6 is 0 Å². The van der Waals surface area contributed by atoms with Gasteiger partial charge in [0.1, 0.15) is 0 Å². The lowest BCUT2D eigenvalue weighted by Gasteiger charge is -2.13. The molecule has 0 aliphatic heterocycles. The molecule has 0 radical (unpaired) electrons. The molecule has 16 nitrogen and oxygen atoms in total. The fourth-order valence-corrected chi connectivity index (χ4v) is 5.73. The third-order valence-electron chi connectivity index (χ3n) is 7.14. The van der Waals surface area contributed by atoms with Crippen LogP contribution in [0.2, 0.25) is 0 Å². The van der Waals surface area contributed by atoms with Crippen molar-refractivity contribution in [2.24, 2.45) is 0 Å². The second kappa shape index (κ2) is 9.31. The van der Waals surface area contributed by atoms with Gasteiger partial charge in [-0.25, -0.2) is 20.2 Å². The van der Waals surface area contributed by atoms with Gasteiger partial charge in [0.2, 0.25) is 0 Å².